The van der Waals surface area contributed by atoms with Gasteiger partial charge < -0.3 is 10.5 Å². The molecule has 0 aliphatic heterocycles. The van der Waals surface area contributed by atoms with Crippen molar-refractivity contribution < 1.29 is 9.53 Å². The lowest BCUT2D eigenvalue weighted by Gasteiger charge is -2.10. The van der Waals surface area contributed by atoms with E-state index in [1.807, 2.05) is 0 Å². The number of aromatic nitrogens is 2. The third-order valence-corrected chi connectivity index (χ3v) is 1.99. The molecule has 0 aliphatic rings. The summed E-state index contributed by atoms with van der Waals surface area (Å²) >= 11 is 4.84. The minimum atomic E-state index is -0.559. The molecule has 0 spiro atoms. The molecule has 1 amide bonds. The van der Waals surface area contributed by atoms with Crippen LogP contribution in [0.1, 0.15) is 19.4 Å². The van der Waals surface area contributed by atoms with Crippen LogP contribution in [0.2, 0.25) is 0 Å². The highest BCUT2D eigenvalue weighted by Crippen LogP contribution is 2.14. The summed E-state index contributed by atoms with van der Waals surface area (Å²) in [5.41, 5.74) is 6.00. The van der Waals surface area contributed by atoms with Crippen molar-refractivity contribution in [3.63, 3.8) is 0 Å². The lowest BCUT2D eigenvalue weighted by atomic mass is 10.3. The first-order chi connectivity index (χ1) is 7.41. The van der Waals surface area contributed by atoms with E-state index in [0.29, 0.717) is 11.4 Å². The molecule has 0 bridgehead atoms. The Morgan fingerprint density at radius 3 is 2.81 bits per heavy atom. The molecule has 1 rings (SSSR count). The summed E-state index contributed by atoms with van der Waals surface area (Å²) in [5, 5.41) is 6.49. The first-order valence-corrected chi connectivity index (χ1v) is 5.12. The van der Waals surface area contributed by atoms with Crippen molar-refractivity contribution in [2.75, 3.05) is 5.32 Å². The van der Waals surface area contributed by atoms with Crippen LogP contribution in [0.3, 0.4) is 0 Å². The van der Waals surface area contributed by atoms with Crippen molar-refractivity contribution in [3.05, 3.63) is 11.8 Å². The SMILES string of the molecule is CC(C)OC(=O)Nc1c(C(N)=S)cnn1C. The molecular weight excluding hydrogens is 228 g/mol. The second kappa shape index (κ2) is 4.93. The van der Waals surface area contributed by atoms with Crippen molar-refractivity contribution in [2.45, 2.75) is 20.0 Å². The average molecular weight is 242 g/mol. The quantitative estimate of drug-likeness (QED) is 0.773. The number of aryl methyl sites for hydroxylation is 1. The van der Waals surface area contributed by atoms with Crippen LogP contribution in [0.5, 0.6) is 0 Å². The van der Waals surface area contributed by atoms with Gasteiger partial charge in [-0.2, -0.15) is 5.10 Å². The topological polar surface area (TPSA) is 82.2 Å². The minimum absolute atomic E-state index is 0.174. The van der Waals surface area contributed by atoms with Gasteiger partial charge in [-0.25, -0.2) is 4.79 Å². The minimum Gasteiger partial charge on any atom is -0.447 e. The summed E-state index contributed by atoms with van der Waals surface area (Å²) < 4.78 is 6.41. The fourth-order valence-corrected chi connectivity index (χ4v) is 1.26. The Morgan fingerprint density at radius 2 is 2.31 bits per heavy atom. The van der Waals surface area contributed by atoms with E-state index < -0.39 is 6.09 Å². The number of rotatable bonds is 3. The predicted octanol–water partition coefficient (Wildman–Crippen LogP) is 1.01. The van der Waals surface area contributed by atoms with E-state index in [1.54, 1.807) is 20.9 Å². The van der Waals surface area contributed by atoms with E-state index in [9.17, 15) is 4.79 Å². The van der Waals surface area contributed by atoms with Crippen LogP contribution in [0.15, 0.2) is 6.20 Å². The second-order valence-electron chi connectivity index (χ2n) is 3.47. The molecule has 0 aromatic carbocycles. The Morgan fingerprint density at radius 1 is 1.69 bits per heavy atom. The average Bonchev–Trinajstić information content (AvgIpc) is 2.46. The van der Waals surface area contributed by atoms with Gasteiger partial charge in [-0.05, 0) is 13.8 Å². The van der Waals surface area contributed by atoms with Crippen molar-refractivity contribution in [1.82, 2.24) is 9.78 Å². The Kier molecular flexibility index (Phi) is 3.83. The molecule has 7 heteroatoms. The van der Waals surface area contributed by atoms with E-state index in [2.05, 4.69) is 10.4 Å². The Balaban J connectivity index is 2.84. The maximum Gasteiger partial charge on any atom is 0.413 e. The fourth-order valence-electron chi connectivity index (χ4n) is 1.11. The zero-order valence-electron chi connectivity index (χ0n) is 9.35. The summed E-state index contributed by atoms with van der Waals surface area (Å²) in [7, 11) is 1.67. The van der Waals surface area contributed by atoms with Gasteiger partial charge in [0.2, 0.25) is 0 Å². The molecule has 0 aliphatic carbocycles. The number of amides is 1. The molecule has 1 aromatic rings. The number of anilines is 1. The van der Waals surface area contributed by atoms with Gasteiger partial charge in [0.25, 0.3) is 0 Å². The van der Waals surface area contributed by atoms with E-state index >= 15 is 0 Å². The number of nitrogens with zero attached hydrogens (tertiary/aromatic N) is 2. The molecule has 0 unspecified atom stereocenters. The van der Waals surface area contributed by atoms with Crippen molar-refractivity contribution in [2.24, 2.45) is 12.8 Å². The molecule has 3 N–H and O–H groups in total. The van der Waals surface area contributed by atoms with Gasteiger partial charge in [0.15, 0.2) is 0 Å². The van der Waals surface area contributed by atoms with E-state index in [1.165, 1.54) is 10.9 Å². The molecule has 0 saturated carbocycles. The number of nitrogens with two attached hydrogens (primary N) is 1. The summed E-state index contributed by atoms with van der Waals surface area (Å²) in [6.07, 6.45) is 0.741. The zero-order valence-corrected chi connectivity index (χ0v) is 10.2. The van der Waals surface area contributed by atoms with Crippen LogP contribution in [0.4, 0.5) is 10.6 Å². The number of hydrogen-bond donors (Lipinski definition) is 2. The summed E-state index contributed by atoms with van der Waals surface area (Å²) in [6, 6.07) is 0. The standard InChI is InChI=1S/C9H14N4O2S/c1-5(2)15-9(14)12-8-6(7(10)16)4-11-13(8)3/h4-5H,1-3H3,(H2,10,16)(H,12,14). The first-order valence-electron chi connectivity index (χ1n) is 4.71. The highest BCUT2D eigenvalue weighted by molar-refractivity contribution is 7.80. The second-order valence-corrected chi connectivity index (χ2v) is 3.91. The zero-order chi connectivity index (χ0) is 12.3. The lowest BCUT2D eigenvalue weighted by Crippen LogP contribution is -2.22. The highest BCUT2D eigenvalue weighted by atomic mass is 32.1. The molecule has 1 aromatic heterocycles. The summed E-state index contributed by atoms with van der Waals surface area (Å²) in [6.45, 7) is 3.52. The van der Waals surface area contributed by atoms with Gasteiger partial charge in [-0.15, -0.1) is 0 Å². The Labute approximate surface area is 98.8 Å². The Bertz CT molecular complexity index is 414. The molecule has 0 saturated heterocycles. The van der Waals surface area contributed by atoms with Gasteiger partial charge in [0.1, 0.15) is 10.8 Å². The first kappa shape index (κ1) is 12.4. The van der Waals surface area contributed by atoms with Crippen LogP contribution in [-0.2, 0) is 11.8 Å². The molecule has 6 nitrogen and oxygen atoms in total. The van der Waals surface area contributed by atoms with Gasteiger partial charge in [0.05, 0.1) is 17.9 Å². The normalized spacial score (nSPS) is 10.2. The van der Waals surface area contributed by atoms with Crippen molar-refractivity contribution >= 4 is 29.1 Å². The van der Waals surface area contributed by atoms with Crippen LogP contribution in [-0.4, -0.2) is 27.0 Å². The molecule has 0 radical (unpaired) electrons. The molecule has 0 atom stereocenters. The van der Waals surface area contributed by atoms with E-state index in [4.69, 9.17) is 22.7 Å². The van der Waals surface area contributed by atoms with Gasteiger partial charge in [-0.1, -0.05) is 12.2 Å². The van der Waals surface area contributed by atoms with E-state index in [0.717, 1.165) is 0 Å². The van der Waals surface area contributed by atoms with Crippen LogP contribution in [0.25, 0.3) is 0 Å². The molecule has 88 valence electrons. The summed E-state index contributed by atoms with van der Waals surface area (Å²) in [4.78, 5) is 11.6. The monoisotopic (exact) mass is 242 g/mol. The molecule has 0 fully saturated rings. The smallest absolute Gasteiger partial charge is 0.413 e. The maximum absolute atomic E-state index is 11.4. The number of nitrogens with one attached hydrogen (secondary N) is 1. The fraction of sp³-hybridized carbons (Fsp3) is 0.444. The molecule has 1 heterocycles. The van der Waals surface area contributed by atoms with Crippen LogP contribution < -0.4 is 11.1 Å². The van der Waals surface area contributed by atoms with Gasteiger partial charge in [0, 0.05) is 7.05 Å². The van der Waals surface area contributed by atoms with E-state index in [-0.39, 0.29) is 11.1 Å². The Hall–Kier alpha value is -1.63. The van der Waals surface area contributed by atoms with Crippen LogP contribution >= 0.6 is 12.2 Å². The number of carbonyl (C=O) groups is 1. The van der Waals surface area contributed by atoms with Gasteiger partial charge >= 0.3 is 6.09 Å². The maximum atomic E-state index is 11.4. The van der Waals surface area contributed by atoms with Crippen molar-refractivity contribution in [3.8, 4) is 0 Å². The lowest BCUT2D eigenvalue weighted by molar-refractivity contribution is 0.129. The highest BCUT2D eigenvalue weighted by Gasteiger charge is 2.14. The van der Waals surface area contributed by atoms with Crippen LogP contribution in [0, 0.1) is 0 Å². The third kappa shape index (κ3) is 2.93. The van der Waals surface area contributed by atoms with Crippen molar-refractivity contribution in [1.29, 1.82) is 0 Å². The molecular formula is C9H14N4O2S. The summed E-state index contributed by atoms with van der Waals surface area (Å²) in [5.74, 6) is 0.429. The predicted molar refractivity (Wildman–Crippen MR) is 64.3 cm³/mol. The number of ether oxygens (including phenoxy) is 1. The molecule has 16 heavy (non-hydrogen) atoms. The number of hydrogen-bond acceptors (Lipinski definition) is 4. The van der Waals surface area contributed by atoms with Gasteiger partial charge in [-0.3, -0.25) is 10.00 Å². The number of thiocarbonyl (C=S) groups is 1. The number of carbonyl (C=O) groups excluding carboxylic acids is 1. The third-order valence-electron chi connectivity index (χ3n) is 1.77. The largest absolute Gasteiger partial charge is 0.447 e.